The number of nitrogens with one attached hydrogen (secondary N) is 1. The van der Waals surface area contributed by atoms with Gasteiger partial charge in [-0.15, -0.1) is 11.6 Å². The first-order valence-corrected chi connectivity index (χ1v) is 7.01. The van der Waals surface area contributed by atoms with Crippen LogP contribution in [-0.4, -0.2) is 26.6 Å². The number of hydrogen-bond donors (Lipinski definition) is 1. The first-order chi connectivity index (χ1) is 10.7. The van der Waals surface area contributed by atoms with E-state index in [2.05, 4.69) is 15.0 Å². The highest BCUT2D eigenvalue weighted by molar-refractivity contribution is 6.32. The van der Waals surface area contributed by atoms with Gasteiger partial charge in [-0.05, 0) is 17.7 Å². The van der Waals surface area contributed by atoms with Crippen LogP contribution in [-0.2, 0) is 6.61 Å². The molecule has 3 aromatic rings. The minimum atomic E-state index is -0.339. The fourth-order valence-electron chi connectivity index (χ4n) is 2.11. The van der Waals surface area contributed by atoms with E-state index in [1.807, 2.05) is 0 Å². The van der Waals surface area contributed by atoms with Crippen molar-refractivity contribution in [2.75, 3.05) is 5.88 Å². The van der Waals surface area contributed by atoms with Gasteiger partial charge in [-0.1, -0.05) is 12.1 Å². The number of rotatable bonds is 5. The van der Waals surface area contributed by atoms with E-state index in [4.69, 9.17) is 16.3 Å². The Morgan fingerprint density at radius 2 is 2.23 bits per heavy atom. The van der Waals surface area contributed by atoms with E-state index < -0.39 is 0 Å². The lowest BCUT2D eigenvalue weighted by molar-refractivity contribution is 0.102. The number of ether oxygens (including phenoxy) is 1. The fourth-order valence-corrected chi connectivity index (χ4v) is 2.26. The topological polar surface area (TPSA) is 67.9 Å². The lowest BCUT2D eigenvalue weighted by atomic mass is 10.2. The number of H-pyrrole nitrogens is 1. The largest absolute Gasteiger partial charge is 0.472 e. The Balaban J connectivity index is 1.93. The number of aromatic nitrogens is 3. The van der Waals surface area contributed by atoms with Gasteiger partial charge in [-0.2, -0.15) is 0 Å². The van der Waals surface area contributed by atoms with Crippen LogP contribution in [0.15, 0.2) is 36.8 Å². The van der Waals surface area contributed by atoms with Crippen molar-refractivity contribution in [1.82, 2.24) is 15.0 Å². The zero-order valence-corrected chi connectivity index (χ0v) is 12.1. The summed E-state index contributed by atoms with van der Waals surface area (Å²) < 4.78 is 18.8. The van der Waals surface area contributed by atoms with Crippen LogP contribution < -0.4 is 4.74 Å². The quantitative estimate of drug-likeness (QED) is 0.579. The third-order valence-corrected chi connectivity index (χ3v) is 3.36. The molecule has 0 aliphatic rings. The Morgan fingerprint density at radius 1 is 1.36 bits per heavy atom. The molecule has 3 rings (SSSR count). The van der Waals surface area contributed by atoms with E-state index in [1.54, 1.807) is 12.1 Å². The number of fused-ring (bicyclic) bond motifs is 1. The molecular formula is C15H11ClFN3O2. The molecule has 0 aliphatic carbocycles. The fraction of sp³-hybridized carbons (Fsp3) is 0.133. The monoisotopic (exact) mass is 319 g/mol. The average molecular weight is 320 g/mol. The minimum absolute atomic E-state index is 0.129. The van der Waals surface area contributed by atoms with E-state index in [1.165, 1.54) is 24.7 Å². The predicted molar refractivity (Wildman–Crippen MR) is 79.7 cm³/mol. The first-order valence-electron chi connectivity index (χ1n) is 6.47. The molecule has 1 N–H and O–H groups in total. The second-order valence-electron chi connectivity index (χ2n) is 4.58. The molecule has 0 amide bonds. The molecule has 2 heterocycles. The molecule has 1 aromatic carbocycles. The molecule has 112 valence electrons. The normalized spacial score (nSPS) is 10.8. The van der Waals surface area contributed by atoms with Crippen molar-refractivity contribution in [1.29, 1.82) is 0 Å². The number of carbonyl (C=O) groups excluding carboxylic acids is 1. The smallest absolute Gasteiger partial charge is 0.227 e. The van der Waals surface area contributed by atoms with Crippen LogP contribution in [0.3, 0.4) is 0 Å². The van der Waals surface area contributed by atoms with Gasteiger partial charge in [0, 0.05) is 6.20 Å². The van der Waals surface area contributed by atoms with Gasteiger partial charge in [0.2, 0.25) is 5.88 Å². The van der Waals surface area contributed by atoms with Crippen molar-refractivity contribution in [3.63, 3.8) is 0 Å². The Kier molecular flexibility index (Phi) is 4.02. The van der Waals surface area contributed by atoms with Gasteiger partial charge < -0.3 is 9.72 Å². The maximum Gasteiger partial charge on any atom is 0.227 e. The third kappa shape index (κ3) is 2.78. The molecule has 0 bridgehead atoms. The van der Waals surface area contributed by atoms with Crippen molar-refractivity contribution in [3.05, 3.63) is 53.7 Å². The maximum absolute atomic E-state index is 13.2. The van der Waals surface area contributed by atoms with Crippen molar-refractivity contribution in [2.45, 2.75) is 6.61 Å². The maximum atomic E-state index is 13.2. The van der Waals surface area contributed by atoms with Gasteiger partial charge in [-0.25, -0.2) is 14.4 Å². The van der Waals surface area contributed by atoms with E-state index in [0.717, 1.165) is 0 Å². The number of carbonyl (C=O) groups is 1. The van der Waals surface area contributed by atoms with Gasteiger partial charge in [0.05, 0.1) is 16.8 Å². The summed E-state index contributed by atoms with van der Waals surface area (Å²) in [6.45, 7) is 0.129. The van der Waals surface area contributed by atoms with Gasteiger partial charge in [0.15, 0.2) is 5.78 Å². The number of aromatic amines is 1. The molecule has 5 nitrogen and oxygen atoms in total. The summed E-state index contributed by atoms with van der Waals surface area (Å²) in [4.78, 5) is 22.8. The number of hydrogen-bond acceptors (Lipinski definition) is 4. The molecule has 2 aromatic heterocycles. The number of halogens is 2. The molecule has 0 spiro atoms. The number of Topliss-reactive ketones (excluding diaryl/α,β-unsaturated/α-hetero) is 1. The van der Waals surface area contributed by atoms with Gasteiger partial charge in [0.1, 0.15) is 24.4 Å². The number of nitrogens with zero attached hydrogens (tertiary/aromatic N) is 2. The minimum Gasteiger partial charge on any atom is -0.472 e. The van der Waals surface area contributed by atoms with Gasteiger partial charge >= 0.3 is 0 Å². The number of ketones is 1. The Labute approximate surface area is 130 Å². The van der Waals surface area contributed by atoms with E-state index in [-0.39, 0.29) is 30.0 Å². The molecule has 22 heavy (non-hydrogen) atoms. The van der Waals surface area contributed by atoms with Crippen LogP contribution in [0.2, 0.25) is 0 Å². The average Bonchev–Trinajstić information content (AvgIpc) is 2.97. The molecule has 0 atom stereocenters. The molecule has 0 unspecified atom stereocenters. The van der Waals surface area contributed by atoms with Crippen LogP contribution in [0.25, 0.3) is 11.0 Å². The zero-order valence-electron chi connectivity index (χ0n) is 11.3. The highest BCUT2D eigenvalue weighted by Crippen LogP contribution is 2.26. The lowest BCUT2D eigenvalue weighted by Gasteiger charge is -2.07. The first kappa shape index (κ1) is 14.5. The molecule has 7 heteroatoms. The van der Waals surface area contributed by atoms with Gasteiger partial charge in [0.25, 0.3) is 0 Å². The summed E-state index contributed by atoms with van der Waals surface area (Å²) in [5.41, 5.74) is 1.52. The van der Waals surface area contributed by atoms with Crippen molar-refractivity contribution in [2.24, 2.45) is 0 Å². The number of benzene rings is 1. The predicted octanol–water partition coefficient (Wildman–Crippen LogP) is 3.10. The molecule has 0 radical (unpaired) electrons. The Hall–Kier alpha value is -2.47. The zero-order chi connectivity index (χ0) is 15.5. The van der Waals surface area contributed by atoms with Crippen LogP contribution >= 0.6 is 11.6 Å². The highest BCUT2D eigenvalue weighted by atomic mass is 35.5. The van der Waals surface area contributed by atoms with Crippen LogP contribution in [0, 0.1) is 5.82 Å². The summed E-state index contributed by atoms with van der Waals surface area (Å²) in [7, 11) is 0. The standard InChI is InChI=1S/C15H11ClFN3O2/c16-5-12(21)11-6-18-14-13(11)15(20-8-19-14)22-7-9-2-1-3-10(17)4-9/h1-4,6,8H,5,7H2,(H,18,19,20). The second-order valence-corrected chi connectivity index (χ2v) is 4.85. The number of alkyl halides is 1. The summed E-state index contributed by atoms with van der Waals surface area (Å²) in [6, 6.07) is 6.07. The summed E-state index contributed by atoms with van der Waals surface area (Å²) in [6.07, 6.45) is 2.85. The Bertz CT molecular complexity index is 835. The molecule has 0 saturated heterocycles. The summed E-state index contributed by atoms with van der Waals surface area (Å²) >= 11 is 5.60. The third-order valence-electron chi connectivity index (χ3n) is 3.12. The van der Waals surface area contributed by atoms with E-state index >= 15 is 0 Å². The second kappa shape index (κ2) is 6.11. The van der Waals surface area contributed by atoms with Crippen LogP contribution in [0.5, 0.6) is 5.88 Å². The summed E-state index contributed by atoms with van der Waals surface area (Å²) in [5.74, 6) is -0.485. The van der Waals surface area contributed by atoms with Gasteiger partial charge in [-0.3, -0.25) is 4.79 Å². The SMILES string of the molecule is O=C(CCl)c1c[nH]c2ncnc(OCc3cccc(F)c3)c12. The van der Waals surface area contributed by atoms with E-state index in [0.29, 0.717) is 22.2 Å². The van der Waals surface area contributed by atoms with E-state index in [9.17, 15) is 9.18 Å². The summed E-state index contributed by atoms with van der Waals surface area (Å²) in [5, 5.41) is 0.476. The van der Waals surface area contributed by atoms with Crippen molar-refractivity contribution in [3.8, 4) is 5.88 Å². The van der Waals surface area contributed by atoms with Crippen molar-refractivity contribution >= 4 is 28.4 Å². The Morgan fingerprint density at radius 3 is 3.00 bits per heavy atom. The molecule has 0 fully saturated rings. The van der Waals surface area contributed by atoms with Crippen LogP contribution in [0.4, 0.5) is 4.39 Å². The molecular weight excluding hydrogens is 309 g/mol. The lowest BCUT2D eigenvalue weighted by Crippen LogP contribution is -2.03. The van der Waals surface area contributed by atoms with Crippen molar-refractivity contribution < 1.29 is 13.9 Å². The molecule has 0 aliphatic heterocycles. The van der Waals surface area contributed by atoms with Crippen LogP contribution in [0.1, 0.15) is 15.9 Å². The highest BCUT2D eigenvalue weighted by Gasteiger charge is 2.17. The molecule has 0 saturated carbocycles.